The fourth-order valence-corrected chi connectivity index (χ4v) is 15.8. The van der Waals surface area contributed by atoms with Crippen molar-refractivity contribution in [2.75, 3.05) is 0 Å². The van der Waals surface area contributed by atoms with Gasteiger partial charge >= 0.3 is 0 Å². The summed E-state index contributed by atoms with van der Waals surface area (Å²) in [6.07, 6.45) is 0. The van der Waals surface area contributed by atoms with Crippen molar-refractivity contribution in [3.8, 4) is 0 Å². The molecule has 0 fully saturated rings. The summed E-state index contributed by atoms with van der Waals surface area (Å²) >= 11 is 0. The van der Waals surface area contributed by atoms with Crippen molar-refractivity contribution < 1.29 is 0 Å². The molecule has 0 aliphatic carbocycles. The first-order valence-electron chi connectivity index (χ1n) is 12.8. The van der Waals surface area contributed by atoms with E-state index in [4.69, 9.17) is 0 Å². The maximum atomic E-state index is 2.53. The van der Waals surface area contributed by atoms with Crippen LogP contribution in [0.25, 0.3) is 0 Å². The minimum Gasteiger partial charge on any atom is -0.0627 e. The summed E-state index contributed by atoms with van der Waals surface area (Å²) in [5.41, 5.74) is 2.76. The summed E-state index contributed by atoms with van der Waals surface area (Å²) in [6.45, 7) is 9.62. The Morgan fingerprint density at radius 1 is 0.361 bits per heavy atom. The molecule has 5 aromatic carbocycles. The van der Waals surface area contributed by atoms with E-state index < -0.39 is 16.1 Å². The van der Waals surface area contributed by atoms with E-state index >= 15 is 0 Å². The predicted molar refractivity (Wildman–Crippen MR) is 163 cm³/mol. The van der Waals surface area contributed by atoms with Gasteiger partial charge in [-0.1, -0.05) is 168 Å². The van der Waals surface area contributed by atoms with E-state index in [1.54, 1.807) is 5.19 Å². The van der Waals surface area contributed by atoms with Gasteiger partial charge < -0.3 is 0 Å². The Kier molecular flexibility index (Phi) is 6.66. The molecule has 36 heavy (non-hydrogen) atoms. The molecule has 0 radical (unpaired) electrons. The molecule has 0 atom stereocenters. The van der Waals surface area contributed by atoms with Crippen LogP contribution >= 0.6 is 0 Å². The topological polar surface area (TPSA) is 0 Å². The second kappa shape index (κ2) is 9.89. The average molecular weight is 499 g/mol. The smallest absolute Gasteiger partial charge is 0.0627 e. The Morgan fingerprint density at radius 3 is 1.19 bits per heavy atom. The quantitative estimate of drug-likeness (QED) is 0.239. The molecule has 5 aromatic rings. The van der Waals surface area contributed by atoms with Gasteiger partial charge in [-0.25, -0.2) is 0 Å². The van der Waals surface area contributed by atoms with Crippen molar-refractivity contribution in [1.29, 1.82) is 0 Å². The highest BCUT2D eigenvalue weighted by Gasteiger charge is 2.45. The van der Waals surface area contributed by atoms with E-state index in [2.05, 4.69) is 160 Å². The van der Waals surface area contributed by atoms with Crippen LogP contribution in [0.5, 0.6) is 0 Å². The average Bonchev–Trinajstić information content (AvgIpc) is 2.92. The lowest BCUT2D eigenvalue weighted by Crippen LogP contribution is -2.80. The van der Waals surface area contributed by atoms with Gasteiger partial charge in [0.25, 0.3) is 0 Å². The van der Waals surface area contributed by atoms with Gasteiger partial charge in [-0.05, 0) is 34.6 Å². The summed E-state index contributed by atoms with van der Waals surface area (Å²) in [4.78, 5) is 0. The van der Waals surface area contributed by atoms with Gasteiger partial charge in [-0.3, -0.25) is 0 Å². The highest BCUT2D eigenvalue weighted by Crippen LogP contribution is 2.14. The molecule has 0 N–H and O–H groups in total. The van der Waals surface area contributed by atoms with Crippen molar-refractivity contribution in [3.63, 3.8) is 0 Å². The zero-order valence-electron chi connectivity index (χ0n) is 21.7. The van der Waals surface area contributed by atoms with E-state index in [1.165, 1.54) is 37.1 Å². The van der Waals surface area contributed by atoms with E-state index in [9.17, 15) is 0 Å². The maximum absolute atomic E-state index is 2.61. The highest BCUT2D eigenvalue weighted by atomic mass is 28.3. The maximum Gasteiger partial charge on any atom is 0.179 e. The van der Waals surface area contributed by atoms with Gasteiger partial charge in [-0.2, -0.15) is 0 Å². The Hall–Kier alpha value is -3.47. The lowest BCUT2D eigenvalue weighted by Gasteiger charge is -2.40. The molecule has 0 aromatic heterocycles. The number of rotatable bonds is 6. The normalized spacial score (nSPS) is 11.9. The molecular weight excluding hydrogens is 465 g/mol. The van der Waals surface area contributed by atoms with Crippen molar-refractivity contribution in [1.82, 2.24) is 0 Å². The summed E-state index contributed by atoms with van der Waals surface area (Å²) in [5, 5.41) is 8.94. The van der Waals surface area contributed by atoms with Gasteiger partial charge in [0.1, 0.15) is 8.07 Å². The van der Waals surface area contributed by atoms with Crippen LogP contribution in [0, 0.1) is 13.8 Å². The van der Waals surface area contributed by atoms with Crippen molar-refractivity contribution in [2.45, 2.75) is 26.9 Å². The van der Waals surface area contributed by atoms with Crippen molar-refractivity contribution in [3.05, 3.63) is 145 Å². The molecule has 5 rings (SSSR count). The summed E-state index contributed by atoms with van der Waals surface area (Å²) in [7, 11) is -4.65. The number of aryl methyl sites for hydroxylation is 2. The third kappa shape index (κ3) is 4.01. The lowest BCUT2D eigenvalue weighted by atomic mass is 10.2. The first kappa shape index (κ1) is 24.2. The van der Waals surface area contributed by atoms with E-state index in [1.807, 2.05) is 0 Å². The first-order chi connectivity index (χ1) is 17.5. The Balaban J connectivity index is 1.95. The van der Waals surface area contributed by atoms with Gasteiger partial charge in [0.2, 0.25) is 0 Å². The summed E-state index contributed by atoms with van der Waals surface area (Å²) in [6, 6.07) is 50.1. The van der Waals surface area contributed by atoms with Gasteiger partial charge in [0.15, 0.2) is 8.07 Å². The van der Waals surface area contributed by atoms with E-state index in [0.29, 0.717) is 0 Å². The Bertz CT molecular complexity index is 1430. The van der Waals surface area contributed by atoms with Crippen LogP contribution in [0.1, 0.15) is 11.1 Å². The number of hydrogen-bond acceptors (Lipinski definition) is 0. The molecule has 178 valence electrons. The van der Waals surface area contributed by atoms with Crippen LogP contribution in [0.3, 0.4) is 0 Å². The molecule has 0 bridgehead atoms. The molecular formula is C34H34Si2. The zero-order valence-corrected chi connectivity index (χ0v) is 23.7. The Morgan fingerprint density at radius 2 is 0.722 bits per heavy atom. The van der Waals surface area contributed by atoms with Crippen molar-refractivity contribution in [2.24, 2.45) is 0 Å². The molecule has 0 saturated heterocycles. The third-order valence-corrected chi connectivity index (χ3v) is 16.7. The monoisotopic (exact) mass is 498 g/mol. The second-order valence-corrected chi connectivity index (χ2v) is 18.3. The predicted octanol–water partition coefficient (Wildman–Crippen LogP) is 4.50. The minimum absolute atomic E-state index is 1.36. The molecule has 2 heteroatoms. The fourth-order valence-electron chi connectivity index (χ4n) is 6.08. The van der Waals surface area contributed by atoms with E-state index in [0.717, 1.165) is 0 Å². The van der Waals surface area contributed by atoms with Crippen LogP contribution in [0.4, 0.5) is 0 Å². The number of hydrogen-bond donors (Lipinski definition) is 0. The standard InChI is InChI=1S/C34H34Si2/c1-27-17-11-13-23-31(27)35(3,4)33-25-15-16-26-34(33)36(29-19-7-5-8-20-29,30-21-9-6-10-22-30)32-24-14-12-18-28(32)2/h5-26H,1-4H3. The second-order valence-electron chi connectivity index (χ2n) is 10.3. The van der Waals surface area contributed by atoms with Gasteiger partial charge in [0.05, 0.1) is 0 Å². The van der Waals surface area contributed by atoms with Gasteiger partial charge in [0, 0.05) is 0 Å². The lowest BCUT2D eigenvalue weighted by molar-refractivity contribution is 1.49. The van der Waals surface area contributed by atoms with Crippen LogP contribution in [0.15, 0.2) is 133 Å². The molecule has 0 amide bonds. The molecule has 0 aliphatic rings. The van der Waals surface area contributed by atoms with Crippen LogP contribution in [-0.2, 0) is 0 Å². The summed E-state index contributed by atoms with van der Waals surface area (Å²) < 4.78 is 0. The van der Waals surface area contributed by atoms with Crippen LogP contribution in [0.2, 0.25) is 13.1 Å². The highest BCUT2D eigenvalue weighted by molar-refractivity contribution is 7.22. The zero-order chi connectivity index (χ0) is 25.2. The van der Waals surface area contributed by atoms with Crippen LogP contribution in [-0.4, -0.2) is 16.1 Å². The fraction of sp³-hybridized carbons (Fsp3) is 0.118. The molecule has 0 saturated carbocycles. The van der Waals surface area contributed by atoms with E-state index in [-0.39, 0.29) is 0 Å². The largest absolute Gasteiger partial charge is 0.179 e. The summed E-state index contributed by atoms with van der Waals surface area (Å²) in [5.74, 6) is 0. The first-order valence-corrected chi connectivity index (χ1v) is 17.8. The Labute approximate surface area is 218 Å². The molecule has 0 nitrogen and oxygen atoms in total. The number of benzene rings is 5. The minimum atomic E-state index is -2.61. The molecule has 0 spiro atoms. The molecule has 0 heterocycles. The van der Waals surface area contributed by atoms with Crippen molar-refractivity contribution >= 4 is 47.3 Å². The third-order valence-electron chi connectivity index (χ3n) is 7.79. The SMILES string of the molecule is Cc1ccccc1[Si](C)(C)c1ccccc1[Si](c1ccccc1)(c1ccccc1)c1ccccc1C. The molecule has 0 aliphatic heterocycles. The van der Waals surface area contributed by atoms with Crippen LogP contribution < -0.4 is 31.1 Å². The van der Waals surface area contributed by atoms with Gasteiger partial charge in [-0.15, -0.1) is 0 Å². The molecule has 0 unspecified atom stereocenters.